The summed E-state index contributed by atoms with van der Waals surface area (Å²) in [7, 11) is -3.97. The molecule has 0 spiro atoms. The van der Waals surface area contributed by atoms with E-state index in [0.717, 1.165) is 6.07 Å². The zero-order chi connectivity index (χ0) is 18.7. The van der Waals surface area contributed by atoms with E-state index in [2.05, 4.69) is 10.7 Å². The lowest BCUT2D eigenvalue weighted by Crippen LogP contribution is -2.43. The number of nitrogens with one attached hydrogen (secondary N) is 3. The number of sulfonamides is 1. The van der Waals surface area contributed by atoms with E-state index in [-0.39, 0.29) is 15.7 Å². The summed E-state index contributed by atoms with van der Waals surface area (Å²) >= 11 is 10.5. The second-order valence-corrected chi connectivity index (χ2v) is 7.21. The molecule has 0 unspecified atom stereocenters. The van der Waals surface area contributed by atoms with Crippen molar-refractivity contribution in [3.05, 3.63) is 59.1 Å². The smallest absolute Gasteiger partial charge is 0.331 e. The molecule has 2 aromatic carbocycles. The second kappa shape index (κ2) is 7.56. The van der Waals surface area contributed by atoms with Crippen LogP contribution in [-0.2, 0) is 16.2 Å². The Labute approximate surface area is 152 Å². The van der Waals surface area contributed by atoms with Gasteiger partial charge in [0.2, 0.25) is 0 Å². The highest BCUT2D eigenvalue weighted by molar-refractivity contribution is 7.89. The lowest BCUT2D eigenvalue weighted by atomic mass is 10.2. The van der Waals surface area contributed by atoms with Crippen molar-refractivity contribution < 1.29 is 21.6 Å². The molecule has 0 aromatic heterocycles. The van der Waals surface area contributed by atoms with Crippen LogP contribution in [-0.4, -0.2) is 13.5 Å². The summed E-state index contributed by atoms with van der Waals surface area (Å²) in [6.07, 6.45) is -4.58. The first kappa shape index (κ1) is 19.4. The first-order valence-corrected chi connectivity index (χ1v) is 8.87. The Hall–Kier alpha value is -1.88. The van der Waals surface area contributed by atoms with E-state index in [1.54, 1.807) is 0 Å². The number of halogens is 4. The molecule has 25 heavy (non-hydrogen) atoms. The highest BCUT2D eigenvalue weighted by Crippen LogP contribution is 2.34. The quantitative estimate of drug-likeness (QED) is 0.532. The third-order valence-corrected chi connectivity index (χ3v) is 4.62. The Morgan fingerprint density at radius 2 is 1.64 bits per heavy atom. The molecule has 0 saturated heterocycles. The number of anilines is 1. The zero-order valence-corrected chi connectivity index (χ0v) is 14.7. The molecule has 11 heteroatoms. The van der Waals surface area contributed by atoms with Gasteiger partial charge in [0.1, 0.15) is 0 Å². The maximum Gasteiger partial charge on any atom is 0.418 e. The molecule has 5 nitrogen and oxygen atoms in total. The molecule has 0 amide bonds. The summed E-state index contributed by atoms with van der Waals surface area (Å²) in [5.41, 5.74) is 0.907. The maximum atomic E-state index is 12.9. The SMILES string of the molecule is O=S(=O)(NNC(=S)Nc1ccccc1C(F)(F)F)c1ccc(Cl)cc1. The summed E-state index contributed by atoms with van der Waals surface area (Å²) in [6.45, 7) is 0. The van der Waals surface area contributed by atoms with E-state index < -0.39 is 21.8 Å². The fourth-order valence-corrected chi connectivity index (χ4v) is 2.98. The van der Waals surface area contributed by atoms with Gasteiger partial charge in [0, 0.05) is 5.02 Å². The van der Waals surface area contributed by atoms with Crippen molar-refractivity contribution in [1.82, 2.24) is 10.3 Å². The van der Waals surface area contributed by atoms with Crippen molar-refractivity contribution in [2.24, 2.45) is 0 Å². The van der Waals surface area contributed by atoms with Crippen LogP contribution in [0.4, 0.5) is 18.9 Å². The fourth-order valence-electron chi connectivity index (χ4n) is 1.78. The van der Waals surface area contributed by atoms with Crippen LogP contribution in [0.3, 0.4) is 0 Å². The van der Waals surface area contributed by atoms with Gasteiger partial charge in [-0.3, -0.25) is 5.43 Å². The number of hydrogen-bond acceptors (Lipinski definition) is 3. The predicted molar refractivity (Wildman–Crippen MR) is 92.6 cm³/mol. The summed E-state index contributed by atoms with van der Waals surface area (Å²) < 4.78 is 62.8. The van der Waals surface area contributed by atoms with Crippen LogP contribution < -0.4 is 15.6 Å². The van der Waals surface area contributed by atoms with Crippen molar-refractivity contribution >= 4 is 44.6 Å². The lowest BCUT2D eigenvalue weighted by Gasteiger charge is -2.16. The van der Waals surface area contributed by atoms with Gasteiger partial charge in [-0.15, -0.1) is 4.83 Å². The largest absolute Gasteiger partial charge is 0.418 e. The molecular formula is C14H11ClF3N3O2S2. The summed E-state index contributed by atoms with van der Waals surface area (Å²) in [6, 6.07) is 9.96. The van der Waals surface area contributed by atoms with Gasteiger partial charge in [-0.05, 0) is 48.6 Å². The number of hydrazine groups is 1. The van der Waals surface area contributed by atoms with Gasteiger partial charge in [0.05, 0.1) is 16.1 Å². The standard InChI is InChI=1S/C14H11ClF3N3O2S2/c15-9-5-7-10(8-6-9)25(22,23)21-20-13(24)19-12-4-2-1-3-11(12)14(16,17)18/h1-8,21H,(H2,19,20,24). The monoisotopic (exact) mass is 409 g/mol. The van der Waals surface area contributed by atoms with Crippen LogP contribution in [0.25, 0.3) is 0 Å². The van der Waals surface area contributed by atoms with Crippen LogP contribution in [0.2, 0.25) is 5.02 Å². The van der Waals surface area contributed by atoms with Gasteiger partial charge in [-0.2, -0.15) is 13.2 Å². The van der Waals surface area contributed by atoms with E-state index >= 15 is 0 Å². The molecule has 0 aliphatic heterocycles. The third kappa shape index (κ3) is 5.30. The molecule has 0 atom stereocenters. The van der Waals surface area contributed by atoms with Gasteiger partial charge in [0.15, 0.2) is 5.11 Å². The molecule has 0 aliphatic rings. The van der Waals surface area contributed by atoms with Crippen molar-refractivity contribution in [3.8, 4) is 0 Å². The molecule has 0 radical (unpaired) electrons. The van der Waals surface area contributed by atoms with E-state index in [9.17, 15) is 21.6 Å². The van der Waals surface area contributed by atoms with Gasteiger partial charge in [0.25, 0.3) is 10.0 Å². The van der Waals surface area contributed by atoms with Crippen LogP contribution >= 0.6 is 23.8 Å². The number of rotatable bonds is 4. The van der Waals surface area contributed by atoms with Gasteiger partial charge in [-0.25, -0.2) is 8.42 Å². The van der Waals surface area contributed by atoms with E-state index in [1.807, 2.05) is 4.83 Å². The van der Waals surface area contributed by atoms with Crippen molar-refractivity contribution in [3.63, 3.8) is 0 Å². The highest BCUT2D eigenvalue weighted by Gasteiger charge is 2.33. The van der Waals surface area contributed by atoms with E-state index in [4.69, 9.17) is 23.8 Å². The van der Waals surface area contributed by atoms with Gasteiger partial charge in [-0.1, -0.05) is 23.7 Å². The minimum atomic E-state index is -4.58. The first-order chi connectivity index (χ1) is 11.6. The molecule has 0 fully saturated rings. The highest BCUT2D eigenvalue weighted by atomic mass is 35.5. The Morgan fingerprint density at radius 3 is 2.24 bits per heavy atom. The van der Waals surface area contributed by atoms with Crippen molar-refractivity contribution in [1.29, 1.82) is 0 Å². The van der Waals surface area contributed by atoms with Crippen molar-refractivity contribution in [2.45, 2.75) is 11.1 Å². The van der Waals surface area contributed by atoms with E-state index in [0.29, 0.717) is 5.02 Å². The molecular weight excluding hydrogens is 399 g/mol. The van der Waals surface area contributed by atoms with Crippen LogP contribution in [0.15, 0.2) is 53.4 Å². The maximum absolute atomic E-state index is 12.9. The predicted octanol–water partition coefficient (Wildman–Crippen LogP) is 3.54. The normalized spacial score (nSPS) is 11.8. The molecule has 0 aliphatic carbocycles. The van der Waals surface area contributed by atoms with Crippen LogP contribution in [0, 0.1) is 0 Å². The molecule has 0 heterocycles. The minimum absolute atomic E-state index is 0.0945. The topological polar surface area (TPSA) is 70.2 Å². The average Bonchev–Trinajstić information content (AvgIpc) is 2.53. The minimum Gasteiger partial charge on any atom is -0.331 e. The molecule has 2 aromatic rings. The van der Waals surface area contributed by atoms with Gasteiger partial charge >= 0.3 is 6.18 Å². The summed E-state index contributed by atoms with van der Waals surface area (Å²) in [5, 5.41) is 2.30. The Morgan fingerprint density at radius 1 is 1.04 bits per heavy atom. The first-order valence-electron chi connectivity index (χ1n) is 6.60. The summed E-state index contributed by atoms with van der Waals surface area (Å²) in [5.74, 6) is 0. The number of para-hydroxylation sites is 1. The van der Waals surface area contributed by atoms with Crippen LogP contribution in [0.5, 0.6) is 0 Å². The molecule has 134 valence electrons. The van der Waals surface area contributed by atoms with Crippen LogP contribution in [0.1, 0.15) is 5.56 Å². The second-order valence-electron chi connectivity index (χ2n) is 4.68. The molecule has 0 saturated carbocycles. The number of thiocarbonyl (C=S) groups is 1. The molecule has 2 rings (SSSR count). The molecule has 3 N–H and O–H groups in total. The average molecular weight is 410 g/mol. The fraction of sp³-hybridized carbons (Fsp3) is 0.0714. The zero-order valence-electron chi connectivity index (χ0n) is 12.3. The Kier molecular flexibility index (Phi) is 5.88. The summed E-state index contributed by atoms with van der Waals surface area (Å²) in [4.78, 5) is 1.87. The number of hydrogen-bond donors (Lipinski definition) is 3. The number of benzene rings is 2. The van der Waals surface area contributed by atoms with E-state index in [1.165, 1.54) is 42.5 Å². The Bertz CT molecular complexity index is 872. The lowest BCUT2D eigenvalue weighted by molar-refractivity contribution is -0.136. The Balaban J connectivity index is 2.06. The van der Waals surface area contributed by atoms with Crippen molar-refractivity contribution in [2.75, 3.05) is 5.32 Å². The third-order valence-electron chi connectivity index (χ3n) is 2.90. The van der Waals surface area contributed by atoms with Gasteiger partial charge < -0.3 is 5.32 Å². The molecule has 0 bridgehead atoms. The number of alkyl halides is 3.